The van der Waals surface area contributed by atoms with Crippen LogP contribution in [0.15, 0.2) is 36.9 Å². The van der Waals surface area contributed by atoms with Crippen LogP contribution in [0, 0.1) is 0 Å². The zero-order chi connectivity index (χ0) is 18.0. The minimum absolute atomic E-state index is 0.108. The lowest BCUT2D eigenvalue weighted by molar-refractivity contribution is -0.137. The topological polar surface area (TPSA) is 71.2 Å². The summed E-state index contributed by atoms with van der Waals surface area (Å²) in [6.07, 6.45) is -2.02. The molecule has 1 aromatic heterocycles. The highest BCUT2D eigenvalue weighted by molar-refractivity contribution is 5.77. The van der Waals surface area contributed by atoms with Crippen molar-refractivity contribution in [2.45, 2.75) is 37.7 Å². The first-order valence-corrected chi connectivity index (χ1v) is 7.81. The number of carbonyl (C=O) groups excluding carboxylic acids is 1. The number of nitrogens with zero attached hydrogens (tertiary/aromatic N) is 4. The molecule has 2 unspecified atom stereocenters. The first-order valence-electron chi connectivity index (χ1n) is 7.81. The number of aryl methyl sites for hydroxylation is 1. The molecule has 0 radical (unpaired) electrons. The molecule has 0 aliphatic carbocycles. The highest BCUT2D eigenvalue weighted by atomic mass is 19.4. The summed E-state index contributed by atoms with van der Waals surface area (Å²) in [5.41, 5.74) is -0.387. The molecule has 3 rings (SSSR count). The number of benzene rings is 1. The molecular formula is C16H17F3N4O2. The largest absolute Gasteiger partial charge is 0.416 e. The molecule has 134 valence electrons. The standard InChI is InChI=1S/C16H17F3N4O2/c17-16(18,19)12-3-1-2-11(6-12)14-7-13(24)8-23(14)15(25)4-5-22-10-20-9-21-22/h1-3,6,9-10,13-14,24H,4-5,7-8H2. The third-order valence-corrected chi connectivity index (χ3v) is 4.22. The van der Waals surface area contributed by atoms with Gasteiger partial charge in [-0.1, -0.05) is 12.1 Å². The van der Waals surface area contributed by atoms with Gasteiger partial charge in [0.05, 0.1) is 24.3 Å². The Bertz CT molecular complexity index is 733. The van der Waals surface area contributed by atoms with Crippen molar-refractivity contribution in [1.29, 1.82) is 0 Å². The van der Waals surface area contributed by atoms with E-state index in [-0.39, 0.29) is 25.3 Å². The fourth-order valence-corrected chi connectivity index (χ4v) is 3.03. The highest BCUT2D eigenvalue weighted by Crippen LogP contribution is 2.36. The molecule has 0 bridgehead atoms. The van der Waals surface area contributed by atoms with Crippen LogP contribution in [-0.2, 0) is 17.5 Å². The number of hydrogen-bond acceptors (Lipinski definition) is 4. The molecule has 1 fully saturated rings. The summed E-state index contributed by atoms with van der Waals surface area (Å²) in [7, 11) is 0. The summed E-state index contributed by atoms with van der Waals surface area (Å²) in [5, 5.41) is 13.8. The Kier molecular flexibility index (Phi) is 4.76. The number of likely N-dealkylation sites (tertiary alicyclic amines) is 1. The zero-order valence-electron chi connectivity index (χ0n) is 13.2. The lowest BCUT2D eigenvalue weighted by Gasteiger charge is -2.25. The number of aromatic nitrogens is 3. The number of halogens is 3. The number of rotatable bonds is 4. The third-order valence-electron chi connectivity index (χ3n) is 4.22. The highest BCUT2D eigenvalue weighted by Gasteiger charge is 2.37. The Labute approximate surface area is 141 Å². The monoisotopic (exact) mass is 354 g/mol. The van der Waals surface area contributed by atoms with Gasteiger partial charge < -0.3 is 10.0 Å². The summed E-state index contributed by atoms with van der Waals surface area (Å²) < 4.78 is 40.3. The molecule has 9 heteroatoms. The van der Waals surface area contributed by atoms with Gasteiger partial charge in [0.1, 0.15) is 12.7 Å². The van der Waals surface area contributed by atoms with Crippen molar-refractivity contribution in [1.82, 2.24) is 19.7 Å². The van der Waals surface area contributed by atoms with E-state index in [0.29, 0.717) is 12.1 Å². The van der Waals surface area contributed by atoms with Gasteiger partial charge in [-0.05, 0) is 24.1 Å². The molecular weight excluding hydrogens is 337 g/mol. The smallest absolute Gasteiger partial charge is 0.391 e. The molecule has 0 saturated carbocycles. The van der Waals surface area contributed by atoms with E-state index in [1.807, 2.05) is 0 Å². The van der Waals surface area contributed by atoms with Gasteiger partial charge in [-0.15, -0.1) is 0 Å². The summed E-state index contributed by atoms with van der Waals surface area (Å²) in [4.78, 5) is 17.7. The first-order chi connectivity index (χ1) is 11.8. The molecule has 2 aromatic rings. The molecule has 1 aliphatic rings. The van der Waals surface area contributed by atoms with E-state index in [0.717, 1.165) is 12.1 Å². The zero-order valence-corrected chi connectivity index (χ0v) is 13.2. The second-order valence-electron chi connectivity index (χ2n) is 5.98. The molecule has 1 N–H and O–H groups in total. The maximum Gasteiger partial charge on any atom is 0.416 e. The third kappa shape index (κ3) is 3.98. The number of aliphatic hydroxyl groups is 1. The van der Waals surface area contributed by atoms with Crippen LogP contribution in [0.3, 0.4) is 0 Å². The van der Waals surface area contributed by atoms with E-state index in [1.54, 1.807) is 6.07 Å². The fraction of sp³-hybridized carbons (Fsp3) is 0.438. The average Bonchev–Trinajstić information content (AvgIpc) is 3.21. The molecule has 0 spiro atoms. The second-order valence-corrected chi connectivity index (χ2v) is 5.98. The number of aliphatic hydroxyl groups excluding tert-OH is 1. The van der Waals surface area contributed by atoms with Gasteiger partial charge in [0.2, 0.25) is 5.91 Å². The minimum Gasteiger partial charge on any atom is -0.391 e. The molecule has 1 aromatic carbocycles. The Balaban J connectivity index is 1.76. The Morgan fingerprint density at radius 1 is 1.36 bits per heavy atom. The van der Waals surface area contributed by atoms with Crippen molar-refractivity contribution in [2.24, 2.45) is 0 Å². The van der Waals surface area contributed by atoms with Crippen LogP contribution in [-0.4, -0.2) is 43.3 Å². The van der Waals surface area contributed by atoms with Crippen molar-refractivity contribution in [3.05, 3.63) is 48.0 Å². The molecule has 6 nitrogen and oxygen atoms in total. The number of amides is 1. The predicted molar refractivity (Wildman–Crippen MR) is 81.2 cm³/mol. The van der Waals surface area contributed by atoms with Crippen molar-refractivity contribution < 1.29 is 23.1 Å². The van der Waals surface area contributed by atoms with E-state index in [4.69, 9.17) is 0 Å². The van der Waals surface area contributed by atoms with E-state index < -0.39 is 23.9 Å². The van der Waals surface area contributed by atoms with Crippen molar-refractivity contribution >= 4 is 5.91 Å². The molecule has 25 heavy (non-hydrogen) atoms. The molecule has 1 saturated heterocycles. The van der Waals surface area contributed by atoms with Crippen LogP contribution >= 0.6 is 0 Å². The quantitative estimate of drug-likeness (QED) is 0.912. The van der Waals surface area contributed by atoms with Crippen LogP contribution in [0.5, 0.6) is 0 Å². The Morgan fingerprint density at radius 2 is 2.16 bits per heavy atom. The lowest BCUT2D eigenvalue weighted by atomic mass is 10.0. The Hall–Kier alpha value is -2.42. The van der Waals surface area contributed by atoms with Gasteiger partial charge in [0.25, 0.3) is 0 Å². The van der Waals surface area contributed by atoms with Gasteiger partial charge in [0.15, 0.2) is 0 Å². The molecule has 2 heterocycles. The summed E-state index contributed by atoms with van der Waals surface area (Å²) in [6.45, 7) is 0.428. The van der Waals surface area contributed by atoms with Crippen molar-refractivity contribution in [3.63, 3.8) is 0 Å². The predicted octanol–water partition coefficient (Wildman–Crippen LogP) is 2.02. The molecule has 1 aliphatic heterocycles. The number of β-amino-alcohol motifs (C(OH)–C–C–N with tert-alkyl or cyclic N) is 1. The Morgan fingerprint density at radius 3 is 2.84 bits per heavy atom. The van der Waals surface area contributed by atoms with Gasteiger partial charge in [-0.25, -0.2) is 4.98 Å². The number of carbonyl (C=O) groups is 1. The van der Waals surface area contributed by atoms with Crippen LogP contribution in [0.25, 0.3) is 0 Å². The van der Waals surface area contributed by atoms with Gasteiger partial charge >= 0.3 is 6.18 Å². The van der Waals surface area contributed by atoms with E-state index >= 15 is 0 Å². The van der Waals surface area contributed by atoms with Gasteiger partial charge in [-0.3, -0.25) is 9.48 Å². The molecule has 1 amide bonds. The lowest BCUT2D eigenvalue weighted by Crippen LogP contribution is -2.32. The average molecular weight is 354 g/mol. The summed E-state index contributed by atoms with van der Waals surface area (Å²) in [5.74, 6) is -0.241. The molecule has 2 atom stereocenters. The maximum absolute atomic E-state index is 12.9. The van der Waals surface area contributed by atoms with E-state index in [1.165, 1.54) is 28.3 Å². The van der Waals surface area contributed by atoms with Crippen molar-refractivity contribution in [2.75, 3.05) is 6.54 Å². The van der Waals surface area contributed by atoms with E-state index in [9.17, 15) is 23.1 Å². The van der Waals surface area contributed by atoms with Crippen LogP contribution in [0.4, 0.5) is 13.2 Å². The van der Waals surface area contributed by atoms with Gasteiger partial charge in [-0.2, -0.15) is 18.3 Å². The van der Waals surface area contributed by atoms with Crippen molar-refractivity contribution in [3.8, 4) is 0 Å². The first kappa shape index (κ1) is 17.4. The SMILES string of the molecule is O=C(CCn1cncn1)N1CC(O)CC1c1cccc(C(F)(F)F)c1. The summed E-state index contributed by atoms with van der Waals surface area (Å²) in [6, 6.07) is 4.34. The van der Waals surface area contributed by atoms with Crippen LogP contribution in [0.2, 0.25) is 0 Å². The van der Waals surface area contributed by atoms with E-state index in [2.05, 4.69) is 10.1 Å². The minimum atomic E-state index is -4.45. The maximum atomic E-state index is 12.9. The van der Waals surface area contributed by atoms with Crippen LogP contribution in [0.1, 0.15) is 30.0 Å². The number of hydrogen-bond donors (Lipinski definition) is 1. The second kappa shape index (κ2) is 6.83. The normalized spacial score (nSPS) is 20.9. The number of alkyl halides is 3. The summed E-state index contributed by atoms with van der Waals surface area (Å²) >= 11 is 0. The van der Waals surface area contributed by atoms with Crippen LogP contribution < -0.4 is 0 Å². The fourth-order valence-electron chi connectivity index (χ4n) is 3.03. The van der Waals surface area contributed by atoms with Gasteiger partial charge in [0, 0.05) is 13.0 Å².